The van der Waals surface area contributed by atoms with Crippen LogP contribution in [0.3, 0.4) is 0 Å². The van der Waals surface area contributed by atoms with Gasteiger partial charge in [-0.3, -0.25) is 9.10 Å². The Labute approximate surface area is 198 Å². The maximum Gasteiger partial charge on any atom is 0.251 e. The zero-order valence-electron chi connectivity index (χ0n) is 18.0. The maximum atomic E-state index is 12.6. The summed E-state index contributed by atoms with van der Waals surface area (Å²) in [6.45, 7) is 0.570. The summed E-state index contributed by atoms with van der Waals surface area (Å²) in [6.07, 6.45) is 1.16. The molecule has 4 aromatic carbocycles. The van der Waals surface area contributed by atoms with Gasteiger partial charge in [0.25, 0.3) is 5.91 Å². The molecule has 7 heteroatoms. The molecule has 0 radical (unpaired) electrons. The van der Waals surface area contributed by atoms with Gasteiger partial charge in [0.05, 0.1) is 18.5 Å². The molecule has 0 saturated heterocycles. The minimum Gasteiger partial charge on any atom is -0.348 e. The first-order chi connectivity index (χ1) is 15.8. The third-order valence-electron chi connectivity index (χ3n) is 5.32. The Morgan fingerprint density at radius 3 is 2.15 bits per heavy atom. The van der Waals surface area contributed by atoms with Gasteiger partial charge in [-0.05, 0) is 64.4 Å². The van der Waals surface area contributed by atoms with E-state index in [1.54, 1.807) is 48.5 Å². The Kier molecular flexibility index (Phi) is 6.67. The highest BCUT2D eigenvalue weighted by molar-refractivity contribution is 7.92. The van der Waals surface area contributed by atoms with Gasteiger partial charge in [0.15, 0.2) is 0 Å². The number of benzene rings is 4. The second kappa shape index (κ2) is 9.65. The smallest absolute Gasteiger partial charge is 0.251 e. The van der Waals surface area contributed by atoms with Crippen LogP contribution in [0, 0.1) is 0 Å². The molecule has 0 fully saturated rings. The third kappa shape index (κ3) is 5.72. The van der Waals surface area contributed by atoms with E-state index < -0.39 is 10.0 Å². The first-order valence-electron chi connectivity index (χ1n) is 10.4. The number of anilines is 1. The summed E-state index contributed by atoms with van der Waals surface area (Å²) in [5.41, 5.74) is 2.75. The van der Waals surface area contributed by atoms with E-state index in [4.69, 9.17) is 11.6 Å². The van der Waals surface area contributed by atoms with E-state index in [9.17, 15) is 13.2 Å². The van der Waals surface area contributed by atoms with Crippen LogP contribution in [-0.4, -0.2) is 20.6 Å². The molecule has 4 aromatic rings. The number of halogens is 1. The highest BCUT2D eigenvalue weighted by Crippen LogP contribution is 2.22. The zero-order chi connectivity index (χ0) is 23.4. The molecule has 0 heterocycles. The van der Waals surface area contributed by atoms with Crippen LogP contribution in [0.2, 0.25) is 5.02 Å². The number of sulfonamides is 1. The standard InChI is InChI=1S/C26H23ClN2O3S/c1-33(31,32)29(18-19-7-12-24(27)13-8-19)25-14-10-22(11-15-25)26(30)28-17-20-6-9-21-4-2-3-5-23(21)16-20/h2-16H,17-18H2,1H3,(H,28,30). The molecule has 168 valence electrons. The molecule has 0 unspecified atom stereocenters. The Morgan fingerprint density at radius 2 is 1.48 bits per heavy atom. The molecule has 0 aliphatic carbocycles. The Morgan fingerprint density at radius 1 is 0.848 bits per heavy atom. The molecule has 1 amide bonds. The molecular weight excluding hydrogens is 456 g/mol. The zero-order valence-corrected chi connectivity index (χ0v) is 19.6. The maximum absolute atomic E-state index is 12.6. The summed E-state index contributed by atoms with van der Waals surface area (Å²) in [6, 6.07) is 27.7. The van der Waals surface area contributed by atoms with E-state index in [1.807, 2.05) is 36.4 Å². The number of carbonyl (C=O) groups excluding carboxylic acids is 1. The van der Waals surface area contributed by atoms with Crippen molar-refractivity contribution in [3.8, 4) is 0 Å². The molecule has 0 saturated carbocycles. The number of rotatable bonds is 7. The molecule has 1 N–H and O–H groups in total. The van der Waals surface area contributed by atoms with Crippen molar-refractivity contribution >= 4 is 44.0 Å². The fraction of sp³-hybridized carbons (Fsp3) is 0.115. The van der Waals surface area contributed by atoms with Crippen molar-refractivity contribution in [2.24, 2.45) is 0 Å². The van der Waals surface area contributed by atoms with E-state index in [0.29, 0.717) is 22.8 Å². The van der Waals surface area contributed by atoms with E-state index >= 15 is 0 Å². The number of fused-ring (bicyclic) bond motifs is 1. The summed E-state index contributed by atoms with van der Waals surface area (Å²) in [7, 11) is -3.52. The van der Waals surface area contributed by atoms with Crippen molar-refractivity contribution in [3.63, 3.8) is 0 Å². The number of carbonyl (C=O) groups is 1. The van der Waals surface area contributed by atoms with E-state index in [1.165, 1.54) is 4.31 Å². The van der Waals surface area contributed by atoms with Crippen molar-refractivity contribution in [1.29, 1.82) is 0 Å². The van der Waals surface area contributed by atoms with Gasteiger partial charge in [0, 0.05) is 17.1 Å². The van der Waals surface area contributed by atoms with E-state index in [0.717, 1.165) is 28.2 Å². The number of nitrogens with zero attached hydrogens (tertiary/aromatic N) is 1. The van der Waals surface area contributed by atoms with Gasteiger partial charge in [0.1, 0.15) is 0 Å². The average molecular weight is 479 g/mol. The second-order valence-electron chi connectivity index (χ2n) is 7.81. The molecule has 0 bridgehead atoms. The minimum atomic E-state index is -3.52. The normalized spacial score (nSPS) is 11.3. The molecule has 0 spiro atoms. The number of hydrogen-bond donors (Lipinski definition) is 1. The number of amides is 1. The number of hydrogen-bond acceptors (Lipinski definition) is 3. The second-order valence-corrected chi connectivity index (χ2v) is 10.2. The van der Waals surface area contributed by atoms with Crippen LogP contribution in [0.1, 0.15) is 21.5 Å². The molecule has 0 atom stereocenters. The van der Waals surface area contributed by atoms with Gasteiger partial charge in [-0.1, -0.05) is 60.1 Å². The van der Waals surface area contributed by atoms with Crippen LogP contribution in [0.5, 0.6) is 0 Å². The Hall–Kier alpha value is -3.35. The molecule has 0 aliphatic heterocycles. The van der Waals surface area contributed by atoms with Crippen molar-refractivity contribution in [2.45, 2.75) is 13.1 Å². The summed E-state index contributed by atoms with van der Waals surface area (Å²) in [4.78, 5) is 12.6. The van der Waals surface area contributed by atoms with E-state index in [2.05, 4.69) is 11.4 Å². The lowest BCUT2D eigenvalue weighted by Gasteiger charge is -2.23. The van der Waals surface area contributed by atoms with Crippen LogP contribution >= 0.6 is 11.6 Å². The van der Waals surface area contributed by atoms with Gasteiger partial charge in [-0.15, -0.1) is 0 Å². The van der Waals surface area contributed by atoms with Crippen LogP contribution in [0.25, 0.3) is 10.8 Å². The first kappa shape index (κ1) is 22.8. The highest BCUT2D eigenvalue weighted by Gasteiger charge is 2.18. The molecule has 5 nitrogen and oxygen atoms in total. The lowest BCUT2D eigenvalue weighted by Crippen LogP contribution is -2.29. The highest BCUT2D eigenvalue weighted by atomic mass is 35.5. The van der Waals surface area contributed by atoms with Crippen LogP contribution in [-0.2, 0) is 23.1 Å². The van der Waals surface area contributed by atoms with Gasteiger partial charge in [0.2, 0.25) is 10.0 Å². The Bertz CT molecular complexity index is 1390. The molecular formula is C26H23ClN2O3S. The van der Waals surface area contributed by atoms with Crippen LogP contribution < -0.4 is 9.62 Å². The van der Waals surface area contributed by atoms with Crippen molar-refractivity contribution in [2.75, 3.05) is 10.6 Å². The van der Waals surface area contributed by atoms with Gasteiger partial charge >= 0.3 is 0 Å². The predicted molar refractivity (Wildman–Crippen MR) is 134 cm³/mol. The van der Waals surface area contributed by atoms with Crippen molar-refractivity contribution in [3.05, 3.63) is 113 Å². The molecule has 33 heavy (non-hydrogen) atoms. The molecule has 4 rings (SSSR count). The SMILES string of the molecule is CS(=O)(=O)N(Cc1ccc(Cl)cc1)c1ccc(C(=O)NCc2ccc3ccccc3c2)cc1. The fourth-order valence-corrected chi connectivity index (χ4v) is 4.58. The largest absolute Gasteiger partial charge is 0.348 e. The lowest BCUT2D eigenvalue weighted by atomic mass is 10.1. The fourth-order valence-electron chi connectivity index (χ4n) is 3.57. The summed E-state index contributed by atoms with van der Waals surface area (Å²) in [5, 5.41) is 5.78. The third-order valence-corrected chi connectivity index (χ3v) is 6.72. The summed E-state index contributed by atoms with van der Waals surface area (Å²) < 4.78 is 26.1. The van der Waals surface area contributed by atoms with Crippen LogP contribution in [0.4, 0.5) is 5.69 Å². The van der Waals surface area contributed by atoms with Crippen LogP contribution in [0.15, 0.2) is 91.0 Å². The summed E-state index contributed by atoms with van der Waals surface area (Å²) in [5.74, 6) is -0.224. The topological polar surface area (TPSA) is 66.5 Å². The Balaban J connectivity index is 1.45. The minimum absolute atomic E-state index is 0.170. The summed E-state index contributed by atoms with van der Waals surface area (Å²) >= 11 is 5.92. The lowest BCUT2D eigenvalue weighted by molar-refractivity contribution is 0.0951. The molecule has 0 aromatic heterocycles. The first-order valence-corrected chi connectivity index (χ1v) is 12.6. The predicted octanol–water partition coefficient (Wildman–Crippen LogP) is 5.39. The van der Waals surface area contributed by atoms with E-state index in [-0.39, 0.29) is 12.5 Å². The molecule has 0 aliphatic rings. The van der Waals surface area contributed by atoms with Gasteiger partial charge in [-0.2, -0.15) is 0 Å². The van der Waals surface area contributed by atoms with Gasteiger partial charge < -0.3 is 5.32 Å². The quantitative estimate of drug-likeness (QED) is 0.387. The number of nitrogens with one attached hydrogen (secondary N) is 1. The van der Waals surface area contributed by atoms with Gasteiger partial charge in [-0.25, -0.2) is 8.42 Å². The van der Waals surface area contributed by atoms with Crippen molar-refractivity contribution < 1.29 is 13.2 Å². The average Bonchev–Trinajstić information content (AvgIpc) is 2.81. The van der Waals surface area contributed by atoms with Crippen molar-refractivity contribution in [1.82, 2.24) is 5.32 Å². The monoisotopic (exact) mass is 478 g/mol.